The first-order valence-electron chi connectivity index (χ1n) is 10.6. The van der Waals surface area contributed by atoms with Gasteiger partial charge in [-0.2, -0.15) is 0 Å². The average Bonchev–Trinajstić information content (AvgIpc) is 3.24. The van der Waals surface area contributed by atoms with Crippen LogP contribution in [0.1, 0.15) is 28.5 Å². The van der Waals surface area contributed by atoms with Crippen LogP contribution in [0.4, 0.5) is 0 Å². The molecule has 0 aliphatic heterocycles. The lowest BCUT2D eigenvalue weighted by atomic mass is 10.0. The SMILES string of the molecule is CCOc1cccc(-c2ncc(CCS(=O)(=O)Cc3ccccc3)c3[nH]c(C(=O)O)cc23)c1. The van der Waals surface area contributed by atoms with Crippen LogP contribution in [0.25, 0.3) is 22.2 Å². The Kier molecular flexibility index (Phi) is 6.46. The van der Waals surface area contributed by atoms with Gasteiger partial charge in [0.2, 0.25) is 0 Å². The Balaban J connectivity index is 1.68. The summed E-state index contributed by atoms with van der Waals surface area (Å²) in [7, 11) is -3.36. The Morgan fingerprint density at radius 3 is 2.61 bits per heavy atom. The molecule has 0 aliphatic carbocycles. The van der Waals surface area contributed by atoms with Crippen LogP contribution in [-0.2, 0) is 22.0 Å². The molecule has 0 amide bonds. The highest BCUT2D eigenvalue weighted by Crippen LogP contribution is 2.31. The van der Waals surface area contributed by atoms with Crippen LogP contribution in [0.15, 0.2) is 66.9 Å². The van der Waals surface area contributed by atoms with E-state index >= 15 is 0 Å². The zero-order valence-electron chi connectivity index (χ0n) is 18.1. The molecule has 0 atom stereocenters. The predicted molar refractivity (Wildman–Crippen MR) is 127 cm³/mol. The Morgan fingerprint density at radius 1 is 1.09 bits per heavy atom. The van der Waals surface area contributed by atoms with Gasteiger partial charge >= 0.3 is 5.97 Å². The topological polar surface area (TPSA) is 109 Å². The number of ether oxygens (including phenoxy) is 1. The maximum Gasteiger partial charge on any atom is 0.352 e. The lowest BCUT2D eigenvalue weighted by Gasteiger charge is -2.10. The number of carboxylic acid groups (broad SMARTS) is 1. The molecule has 170 valence electrons. The predicted octanol–water partition coefficient (Wildman–Crippen LogP) is 4.48. The summed E-state index contributed by atoms with van der Waals surface area (Å²) in [5.41, 5.74) is 3.37. The van der Waals surface area contributed by atoms with E-state index in [1.165, 1.54) is 6.07 Å². The van der Waals surface area contributed by atoms with Crippen molar-refractivity contribution >= 4 is 26.7 Å². The standard InChI is InChI=1S/C25H24N2O5S/c1-2-32-20-10-6-9-18(13-20)23-21-14-22(25(28)29)27-24(21)19(15-26-23)11-12-33(30,31)16-17-7-4-3-5-8-17/h3-10,13-15,27H,2,11-12,16H2,1H3,(H,28,29). The summed E-state index contributed by atoms with van der Waals surface area (Å²) in [4.78, 5) is 19.1. The molecule has 0 saturated carbocycles. The third-order valence-corrected chi connectivity index (χ3v) is 6.90. The minimum absolute atomic E-state index is 0.0219. The summed E-state index contributed by atoms with van der Waals surface area (Å²) in [5, 5.41) is 10.1. The van der Waals surface area contributed by atoms with Crippen LogP contribution >= 0.6 is 0 Å². The second kappa shape index (κ2) is 9.46. The van der Waals surface area contributed by atoms with Gasteiger partial charge in [0.25, 0.3) is 0 Å². The molecule has 0 aliphatic rings. The third kappa shape index (κ3) is 5.23. The number of rotatable bonds is 9. The molecule has 0 unspecified atom stereocenters. The molecule has 2 aromatic heterocycles. The number of nitrogens with zero attached hydrogens (tertiary/aromatic N) is 1. The highest BCUT2D eigenvalue weighted by atomic mass is 32.2. The summed E-state index contributed by atoms with van der Waals surface area (Å²) < 4.78 is 30.9. The van der Waals surface area contributed by atoms with E-state index in [1.807, 2.05) is 49.4 Å². The van der Waals surface area contributed by atoms with Gasteiger partial charge < -0.3 is 14.8 Å². The monoisotopic (exact) mass is 464 g/mol. The number of H-pyrrole nitrogens is 1. The van der Waals surface area contributed by atoms with E-state index in [-0.39, 0.29) is 23.6 Å². The fourth-order valence-electron chi connectivity index (χ4n) is 3.77. The maximum absolute atomic E-state index is 12.7. The number of aromatic carboxylic acids is 1. The Bertz CT molecular complexity index is 1400. The van der Waals surface area contributed by atoms with Crippen molar-refractivity contribution in [1.29, 1.82) is 0 Å². The number of carboxylic acids is 1. The molecule has 4 aromatic rings. The summed E-state index contributed by atoms with van der Waals surface area (Å²) in [6.07, 6.45) is 1.84. The highest BCUT2D eigenvalue weighted by molar-refractivity contribution is 7.90. The van der Waals surface area contributed by atoms with Gasteiger partial charge in [0.1, 0.15) is 11.4 Å². The van der Waals surface area contributed by atoms with Gasteiger partial charge in [-0.1, -0.05) is 42.5 Å². The van der Waals surface area contributed by atoms with Crippen molar-refractivity contribution in [1.82, 2.24) is 9.97 Å². The second-order valence-corrected chi connectivity index (χ2v) is 9.88. The number of hydrogen-bond donors (Lipinski definition) is 2. The molecular formula is C25H24N2O5S. The zero-order chi connectivity index (χ0) is 23.4. The number of benzene rings is 2. The van der Waals surface area contributed by atoms with Crippen molar-refractivity contribution in [3.63, 3.8) is 0 Å². The third-order valence-electron chi connectivity index (χ3n) is 5.30. The van der Waals surface area contributed by atoms with Crippen molar-refractivity contribution in [3.8, 4) is 17.0 Å². The van der Waals surface area contributed by atoms with Gasteiger partial charge in [0, 0.05) is 17.1 Å². The van der Waals surface area contributed by atoms with Gasteiger partial charge in [-0.3, -0.25) is 4.98 Å². The first kappa shape index (κ1) is 22.5. The average molecular weight is 465 g/mol. The number of pyridine rings is 1. The number of nitrogens with one attached hydrogen (secondary N) is 1. The van der Waals surface area contributed by atoms with Crippen molar-refractivity contribution in [3.05, 3.63) is 83.7 Å². The van der Waals surface area contributed by atoms with E-state index < -0.39 is 15.8 Å². The zero-order valence-corrected chi connectivity index (χ0v) is 18.9. The van der Waals surface area contributed by atoms with E-state index in [9.17, 15) is 18.3 Å². The van der Waals surface area contributed by atoms with Crippen LogP contribution in [0.5, 0.6) is 5.75 Å². The first-order valence-corrected chi connectivity index (χ1v) is 12.4. The molecule has 2 N–H and O–H groups in total. The molecule has 7 nitrogen and oxygen atoms in total. The number of fused-ring (bicyclic) bond motifs is 1. The molecular weight excluding hydrogens is 440 g/mol. The fraction of sp³-hybridized carbons (Fsp3) is 0.200. The van der Waals surface area contributed by atoms with Crippen molar-refractivity contribution in [2.45, 2.75) is 19.1 Å². The van der Waals surface area contributed by atoms with Crippen LogP contribution in [0.2, 0.25) is 0 Å². The van der Waals surface area contributed by atoms with Gasteiger partial charge in [-0.05, 0) is 42.7 Å². The largest absolute Gasteiger partial charge is 0.494 e. The molecule has 33 heavy (non-hydrogen) atoms. The number of aromatic amines is 1. The van der Waals surface area contributed by atoms with E-state index in [0.717, 1.165) is 11.1 Å². The molecule has 2 heterocycles. The molecule has 0 saturated heterocycles. The van der Waals surface area contributed by atoms with Crippen molar-refractivity contribution in [2.75, 3.05) is 12.4 Å². The highest BCUT2D eigenvalue weighted by Gasteiger charge is 2.18. The van der Waals surface area contributed by atoms with Crippen LogP contribution in [0, 0.1) is 0 Å². The molecule has 2 aromatic carbocycles. The van der Waals surface area contributed by atoms with Crippen LogP contribution < -0.4 is 4.74 Å². The Labute approximate surface area is 192 Å². The molecule has 0 spiro atoms. The van der Waals surface area contributed by atoms with Gasteiger partial charge in [-0.15, -0.1) is 0 Å². The molecule has 8 heteroatoms. The number of sulfone groups is 1. The van der Waals surface area contributed by atoms with Gasteiger partial charge in [-0.25, -0.2) is 13.2 Å². The van der Waals surface area contributed by atoms with Gasteiger partial charge in [0.15, 0.2) is 9.84 Å². The minimum atomic E-state index is -3.36. The number of aryl methyl sites for hydroxylation is 1. The lowest BCUT2D eigenvalue weighted by Crippen LogP contribution is -2.12. The Morgan fingerprint density at radius 2 is 1.88 bits per heavy atom. The summed E-state index contributed by atoms with van der Waals surface area (Å²) in [6, 6.07) is 18.0. The molecule has 0 fully saturated rings. The van der Waals surface area contributed by atoms with E-state index in [4.69, 9.17) is 4.74 Å². The first-order chi connectivity index (χ1) is 15.9. The Hall–Kier alpha value is -3.65. The lowest BCUT2D eigenvalue weighted by molar-refractivity contribution is 0.0691. The second-order valence-electron chi connectivity index (χ2n) is 7.70. The van der Waals surface area contributed by atoms with E-state index in [2.05, 4.69) is 9.97 Å². The van der Waals surface area contributed by atoms with E-state index in [1.54, 1.807) is 18.3 Å². The molecule has 0 bridgehead atoms. The smallest absolute Gasteiger partial charge is 0.352 e. The minimum Gasteiger partial charge on any atom is -0.494 e. The number of carbonyl (C=O) groups is 1. The van der Waals surface area contributed by atoms with Crippen molar-refractivity contribution < 1.29 is 23.1 Å². The molecule has 4 rings (SSSR count). The van der Waals surface area contributed by atoms with E-state index in [0.29, 0.717) is 34.5 Å². The van der Waals surface area contributed by atoms with Crippen molar-refractivity contribution in [2.24, 2.45) is 0 Å². The quantitative estimate of drug-likeness (QED) is 0.378. The van der Waals surface area contributed by atoms with Crippen LogP contribution in [0.3, 0.4) is 0 Å². The van der Waals surface area contributed by atoms with Gasteiger partial charge in [0.05, 0.1) is 29.3 Å². The molecule has 0 radical (unpaired) electrons. The summed E-state index contributed by atoms with van der Waals surface area (Å²) in [5.74, 6) is -0.519. The summed E-state index contributed by atoms with van der Waals surface area (Å²) in [6.45, 7) is 2.42. The normalized spacial score (nSPS) is 11.5. The summed E-state index contributed by atoms with van der Waals surface area (Å²) >= 11 is 0. The maximum atomic E-state index is 12.7. The number of aromatic nitrogens is 2. The number of hydrogen-bond acceptors (Lipinski definition) is 5. The van der Waals surface area contributed by atoms with Crippen LogP contribution in [-0.4, -0.2) is 41.8 Å². The fourth-order valence-corrected chi connectivity index (χ4v) is 5.15.